The second kappa shape index (κ2) is 7.25. The molecule has 0 spiro atoms. The number of fused-ring (bicyclic) bond motifs is 1. The van der Waals surface area contributed by atoms with E-state index >= 15 is 0 Å². The molecule has 7 nitrogen and oxygen atoms in total. The third-order valence-electron chi connectivity index (χ3n) is 3.57. The second-order valence-electron chi connectivity index (χ2n) is 6.93. The van der Waals surface area contributed by atoms with E-state index < -0.39 is 23.9 Å². The van der Waals surface area contributed by atoms with Crippen molar-refractivity contribution >= 4 is 22.9 Å². The highest BCUT2D eigenvalue weighted by Gasteiger charge is 2.21. The van der Waals surface area contributed by atoms with E-state index in [1.54, 1.807) is 51.2 Å². The second-order valence-corrected chi connectivity index (χ2v) is 6.93. The van der Waals surface area contributed by atoms with E-state index in [9.17, 15) is 19.8 Å². The molecule has 136 valence electrons. The lowest BCUT2D eigenvalue weighted by molar-refractivity contribution is -0.119. The summed E-state index contributed by atoms with van der Waals surface area (Å²) >= 11 is 0. The zero-order valence-corrected chi connectivity index (χ0v) is 14.8. The molecule has 1 aromatic heterocycles. The molecule has 0 aliphatic rings. The van der Waals surface area contributed by atoms with Gasteiger partial charge in [0.05, 0.1) is 5.52 Å². The first-order valence-electron chi connectivity index (χ1n) is 8.03. The minimum absolute atomic E-state index is 0.0482. The number of ether oxygens (including phenoxy) is 1. The number of nitrogens with zero attached hydrogens (tertiary/aromatic N) is 1. The molecule has 2 aromatic rings. The lowest BCUT2D eigenvalue weighted by Crippen LogP contribution is -2.34. The van der Waals surface area contributed by atoms with Gasteiger partial charge >= 0.3 is 6.09 Å². The van der Waals surface area contributed by atoms with E-state index in [0.717, 1.165) is 5.39 Å². The third kappa shape index (κ3) is 4.80. The molecule has 0 saturated heterocycles. The van der Waals surface area contributed by atoms with E-state index in [1.807, 2.05) is 0 Å². The Labute approximate surface area is 146 Å². The van der Waals surface area contributed by atoms with Gasteiger partial charge in [0.15, 0.2) is 0 Å². The predicted molar refractivity (Wildman–Crippen MR) is 93.2 cm³/mol. The number of hydrogen-bond donors (Lipinski definition) is 3. The van der Waals surface area contributed by atoms with Gasteiger partial charge in [0.2, 0.25) is 5.91 Å². The van der Waals surface area contributed by atoms with E-state index in [1.165, 1.54) is 11.5 Å². The zero-order valence-electron chi connectivity index (χ0n) is 14.8. The number of aromatic nitrogens is 1. The lowest BCUT2D eigenvalue weighted by atomic mass is 10.0. The van der Waals surface area contributed by atoms with Crippen LogP contribution in [0.15, 0.2) is 30.5 Å². The first kappa shape index (κ1) is 19.0. The lowest BCUT2D eigenvalue weighted by Gasteiger charge is -2.20. The molecule has 0 aliphatic heterocycles. The van der Waals surface area contributed by atoms with E-state index in [0.29, 0.717) is 11.1 Å². The van der Waals surface area contributed by atoms with Gasteiger partial charge in [-0.25, -0.2) is 4.79 Å². The van der Waals surface area contributed by atoms with Crippen LogP contribution in [0.2, 0.25) is 0 Å². The summed E-state index contributed by atoms with van der Waals surface area (Å²) in [6, 6.07) is 6.74. The van der Waals surface area contributed by atoms with Crippen molar-refractivity contribution in [2.45, 2.75) is 45.5 Å². The number of carbonyl (C=O) groups is 2. The number of rotatable bonds is 4. The minimum Gasteiger partial charge on any atom is -0.443 e. The molecule has 25 heavy (non-hydrogen) atoms. The van der Waals surface area contributed by atoms with Gasteiger partial charge in [-0.2, -0.15) is 0 Å². The van der Waals surface area contributed by atoms with Crippen molar-refractivity contribution in [1.29, 1.82) is 0 Å². The molecule has 2 atom stereocenters. The van der Waals surface area contributed by atoms with E-state index in [2.05, 4.69) is 5.32 Å². The summed E-state index contributed by atoms with van der Waals surface area (Å²) in [6.45, 7) is 6.67. The van der Waals surface area contributed by atoms with Crippen LogP contribution in [0.4, 0.5) is 4.79 Å². The molecule has 2 unspecified atom stereocenters. The largest absolute Gasteiger partial charge is 0.443 e. The average Bonchev–Trinajstić information content (AvgIpc) is 2.93. The fourth-order valence-electron chi connectivity index (χ4n) is 2.40. The molecule has 0 radical (unpaired) electrons. The van der Waals surface area contributed by atoms with Gasteiger partial charge < -0.3 is 20.3 Å². The SMILES string of the molecule is CC(=O)NCC(O)C(O)c1ccc2c(ccn2C(=O)OC(C)(C)C)c1. The van der Waals surface area contributed by atoms with Crippen LogP contribution in [0.1, 0.15) is 39.4 Å². The highest BCUT2D eigenvalue weighted by atomic mass is 16.6. The Morgan fingerprint density at radius 3 is 2.52 bits per heavy atom. The predicted octanol–water partition coefficient (Wildman–Crippen LogP) is 1.95. The van der Waals surface area contributed by atoms with Crippen molar-refractivity contribution < 1.29 is 24.5 Å². The summed E-state index contributed by atoms with van der Waals surface area (Å²) in [5.41, 5.74) is 0.534. The van der Waals surface area contributed by atoms with Gasteiger partial charge in [0.1, 0.15) is 17.8 Å². The summed E-state index contributed by atoms with van der Waals surface area (Å²) in [4.78, 5) is 23.1. The quantitative estimate of drug-likeness (QED) is 0.784. The smallest absolute Gasteiger partial charge is 0.418 e. The summed E-state index contributed by atoms with van der Waals surface area (Å²) in [7, 11) is 0. The molecule has 2 rings (SSSR count). The summed E-state index contributed by atoms with van der Waals surface area (Å²) in [5, 5.41) is 23.4. The number of aliphatic hydroxyl groups excluding tert-OH is 2. The van der Waals surface area contributed by atoms with Crippen molar-refractivity contribution in [3.05, 3.63) is 36.0 Å². The topological polar surface area (TPSA) is 101 Å². The molecule has 0 aliphatic carbocycles. The number of aliphatic hydroxyl groups is 2. The number of carbonyl (C=O) groups excluding carboxylic acids is 2. The van der Waals surface area contributed by atoms with Gasteiger partial charge in [-0.15, -0.1) is 0 Å². The first-order valence-corrected chi connectivity index (χ1v) is 8.03. The Bertz CT molecular complexity index is 775. The van der Waals surface area contributed by atoms with Gasteiger partial charge in [-0.05, 0) is 44.5 Å². The maximum Gasteiger partial charge on any atom is 0.418 e. The van der Waals surface area contributed by atoms with Crippen LogP contribution < -0.4 is 5.32 Å². The molecule has 0 fully saturated rings. The van der Waals surface area contributed by atoms with Crippen molar-refractivity contribution in [1.82, 2.24) is 9.88 Å². The standard InChI is InChI=1S/C18H24N2O5/c1-11(21)19-10-15(22)16(23)13-5-6-14-12(9-13)7-8-20(14)17(24)25-18(2,3)4/h5-9,15-16,22-23H,10H2,1-4H3,(H,19,21). The zero-order chi connectivity index (χ0) is 18.8. The normalized spacial score (nSPS) is 14.2. The Hall–Kier alpha value is -2.38. The van der Waals surface area contributed by atoms with E-state index in [-0.39, 0.29) is 12.5 Å². The highest BCUT2D eigenvalue weighted by Crippen LogP contribution is 2.24. The highest BCUT2D eigenvalue weighted by molar-refractivity contribution is 5.90. The Morgan fingerprint density at radius 1 is 1.24 bits per heavy atom. The molecule has 0 bridgehead atoms. The third-order valence-corrected chi connectivity index (χ3v) is 3.57. The van der Waals surface area contributed by atoms with Crippen molar-refractivity contribution in [3.8, 4) is 0 Å². The van der Waals surface area contributed by atoms with Gasteiger partial charge in [0, 0.05) is 25.1 Å². The van der Waals surface area contributed by atoms with Gasteiger partial charge in [-0.3, -0.25) is 9.36 Å². The first-order chi connectivity index (χ1) is 11.6. The van der Waals surface area contributed by atoms with E-state index in [4.69, 9.17) is 4.74 Å². The van der Waals surface area contributed by atoms with Crippen molar-refractivity contribution in [3.63, 3.8) is 0 Å². The summed E-state index contributed by atoms with van der Waals surface area (Å²) in [5.74, 6) is -0.281. The van der Waals surface area contributed by atoms with Crippen LogP contribution >= 0.6 is 0 Å². The van der Waals surface area contributed by atoms with Crippen LogP contribution in [0.3, 0.4) is 0 Å². The van der Waals surface area contributed by atoms with Gasteiger partial charge in [-0.1, -0.05) is 6.07 Å². The van der Waals surface area contributed by atoms with Crippen LogP contribution in [0.5, 0.6) is 0 Å². The molecule has 0 saturated carbocycles. The Morgan fingerprint density at radius 2 is 1.92 bits per heavy atom. The Balaban J connectivity index is 2.21. The van der Waals surface area contributed by atoms with Crippen LogP contribution in [0, 0.1) is 0 Å². The fraction of sp³-hybridized carbons (Fsp3) is 0.444. The molecule has 1 aromatic carbocycles. The molecule has 7 heteroatoms. The molecular weight excluding hydrogens is 324 g/mol. The number of amides is 1. The Kier molecular flexibility index (Phi) is 5.49. The van der Waals surface area contributed by atoms with Crippen LogP contribution in [-0.2, 0) is 9.53 Å². The number of benzene rings is 1. The van der Waals surface area contributed by atoms with Crippen LogP contribution in [0.25, 0.3) is 10.9 Å². The number of hydrogen-bond acceptors (Lipinski definition) is 5. The van der Waals surface area contributed by atoms with Gasteiger partial charge in [0.25, 0.3) is 0 Å². The van der Waals surface area contributed by atoms with Crippen molar-refractivity contribution in [2.24, 2.45) is 0 Å². The average molecular weight is 348 g/mol. The fourth-order valence-corrected chi connectivity index (χ4v) is 2.40. The summed E-state index contributed by atoms with van der Waals surface area (Å²) in [6.07, 6.45) is -1.17. The maximum absolute atomic E-state index is 12.2. The molecular formula is C18H24N2O5. The van der Waals surface area contributed by atoms with Crippen molar-refractivity contribution in [2.75, 3.05) is 6.54 Å². The molecule has 1 amide bonds. The molecule has 1 heterocycles. The summed E-state index contributed by atoms with van der Waals surface area (Å²) < 4.78 is 6.75. The molecule has 3 N–H and O–H groups in total. The number of nitrogens with one attached hydrogen (secondary N) is 1. The monoisotopic (exact) mass is 348 g/mol. The minimum atomic E-state index is -1.15. The van der Waals surface area contributed by atoms with Crippen LogP contribution in [-0.4, -0.2) is 45.0 Å². The maximum atomic E-state index is 12.2.